The van der Waals surface area contributed by atoms with Gasteiger partial charge in [-0.2, -0.15) is 0 Å². The summed E-state index contributed by atoms with van der Waals surface area (Å²) in [6, 6.07) is 8.33. The Morgan fingerprint density at radius 2 is 1.77 bits per heavy atom. The summed E-state index contributed by atoms with van der Waals surface area (Å²) in [6.07, 6.45) is 0. The fourth-order valence-electron chi connectivity index (χ4n) is 3.38. The third-order valence-corrected chi connectivity index (χ3v) is 7.31. The number of benzene rings is 2. The quantitative estimate of drug-likeness (QED) is 0.669. The molecule has 1 aliphatic heterocycles. The van der Waals surface area contributed by atoms with Crippen molar-refractivity contribution < 1.29 is 17.6 Å². The van der Waals surface area contributed by atoms with Crippen LogP contribution in [0.1, 0.15) is 28.4 Å². The number of nitrogens with one attached hydrogen (secondary N) is 1. The standard InChI is InChI=1S/C21H24Cl2FN3O3S/c1-3-31(29,30)25-21(28)17-12-19(23)15(11-20(17)24)13-26-6-8-27(9-7-26)16-4-5-18(22)14(2)10-16/h4-5,10-12H,3,6-9,13H2,1-2H3,(H,25,28). The molecule has 1 aliphatic rings. The number of piperazine rings is 1. The first kappa shape index (κ1) is 23.8. The van der Waals surface area contributed by atoms with E-state index in [1.54, 1.807) is 0 Å². The van der Waals surface area contributed by atoms with Gasteiger partial charge in [0.2, 0.25) is 10.0 Å². The van der Waals surface area contributed by atoms with Gasteiger partial charge in [-0.05, 0) is 55.3 Å². The molecule has 0 atom stereocenters. The number of sulfonamides is 1. The van der Waals surface area contributed by atoms with Crippen LogP contribution >= 0.6 is 23.2 Å². The Morgan fingerprint density at radius 1 is 1.10 bits per heavy atom. The fourth-order valence-corrected chi connectivity index (χ4v) is 4.26. The first-order chi connectivity index (χ1) is 14.6. The second-order valence-electron chi connectivity index (χ2n) is 7.45. The number of anilines is 1. The molecule has 168 valence electrons. The lowest BCUT2D eigenvalue weighted by Gasteiger charge is -2.36. The van der Waals surface area contributed by atoms with Crippen molar-refractivity contribution in [3.63, 3.8) is 0 Å². The lowest BCUT2D eigenvalue weighted by molar-refractivity contribution is 0.0977. The number of nitrogens with zero attached hydrogens (tertiary/aromatic N) is 2. The number of halogens is 3. The predicted molar refractivity (Wildman–Crippen MR) is 122 cm³/mol. The van der Waals surface area contributed by atoms with E-state index >= 15 is 0 Å². The van der Waals surface area contributed by atoms with Gasteiger partial charge in [0.15, 0.2) is 0 Å². The van der Waals surface area contributed by atoms with E-state index in [2.05, 4.69) is 15.9 Å². The molecular formula is C21H24Cl2FN3O3S. The number of hydrogen-bond donors (Lipinski definition) is 1. The molecule has 1 saturated heterocycles. The van der Waals surface area contributed by atoms with Crippen LogP contribution in [0.3, 0.4) is 0 Å². The third-order valence-electron chi connectivity index (χ3n) is 5.28. The summed E-state index contributed by atoms with van der Waals surface area (Å²) >= 11 is 12.4. The molecule has 1 fully saturated rings. The number of carbonyl (C=O) groups is 1. The zero-order valence-corrected chi connectivity index (χ0v) is 19.6. The molecule has 0 unspecified atom stereocenters. The van der Waals surface area contributed by atoms with Gasteiger partial charge < -0.3 is 4.90 Å². The molecular weight excluding hydrogens is 464 g/mol. The van der Waals surface area contributed by atoms with E-state index in [4.69, 9.17) is 23.2 Å². The summed E-state index contributed by atoms with van der Waals surface area (Å²) in [5.74, 6) is -2.12. The Labute approximate surface area is 192 Å². The topological polar surface area (TPSA) is 69.7 Å². The maximum absolute atomic E-state index is 14.5. The van der Waals surface area contributed by atoms with Crippen LogP contribution in [-0.4, -0.2) is 51.2 Å². The van der Waals surface area contributed by atoms with Crippen LogP contribution in [0.5, 0.6) is 0 Å². The minimum absolute atomic E-state index is 0.219. The van der Waals surface area contributed by atoms with Gasteiger partial charge in [-0.1, -0.05) is 23.2 Å². The lowest BCUT2D eigenvalue weighted by Crippen LogP contribution is -2.46. The molecule has 1 N–H and O–H groups in total. The second-order valence-corrected chi connectivity index (χ2v) is 10.3. The lowest BCUT2D eigenvalue weighted by atomic mass is 10.1. The normalized spacial score (nSPS) is 15.2. The molecule has 0 aromatic heterocycles. The Balaban J connectivity index is 1.65. The zero-order chi connectivity index (χ0) is 22.8. The van der Waals surface area contributed by atoms with Crippen LogP contribution < -0.4 is 9.62 Å². The van der Waals surface area contributed by atoms with Crippen LogP contribution in [0.2, 0.25) is 10.0 Å². The number of amides is 1. The van der Waals surface area contributed by atoms with Crippen molar-refractivity contribution in [2.45, 2.75) is 20.4 Å². The van der Waals surface area contributed by atoms with Gasteiger partial charge in [-0.25, -0.2) is 17.5 Å². The summed E-state index contributed by atoms with van der Waals surface area (Å²) in [4.78, 5) is 16.5. The summed E-state index contributed by atoms with van der Waals surface area (Å²) in [5.41, 5.74) is 2.29. The van der Waals surface area contributed by atoms with Crippen LogP contribution in [0.4, 0.5) is 10.1 Å². The van der Waals surface area contributed by atoms with E-state index in [0.717, 1.165) is 42.5 Å². The van der Waals surface area contributed by atoms with E-state index in [0.29, 0.717) is 12.1 Å². The highest BCUT2D eigenvalue weighted by molar-refractivity contribution is 7.90. The molecule has 31 heavy (non-hydrogen) atoms. The molecule has 1 heterocycles. The number of rotatable bonds is 6. The van der Waals surface area contributed by atoms with Crippen LogP contribution in [-0.2, 0) is 16.6 Å². The first-order valence-corrected chi connectivity index (χ1v) is 12.3. The zero-order valence-electron chi connectivity index (χ0n) is 17.3. The number of aryl methyl sites for hydroxylation is 1. The van der Waals surface area contributed by atoms with Crippen molar-refractivity contribution >= 4 is 44.8 Å². The maximum atomic E-state index is 14.5. The van der Waals surface area contributed by atoms with Crippen molar-refractivity contribution in [3.05, 3.63) is 62.9 Å². The van der Waals surface area contributed by atoms with Crippen molar-refractivity contribution in [1.82, 2.24) is 9.62 Å². The van der Waals surface area contributed by atoms with Gasteiger partial charge in [-0.3, -0.25) is 9.69 Å². The van der Waals surface area contributed by atoms with E-state index in [9.17, 15) is 17.6 Å². The minimum atomic E-state index is -3.79. The summed E-state index contributed by atoms with van der Waals surface area (Å²) in [7, 11) is -3.79. The average molecular weight is 488 g/mol. The molecule has 3 rings (SSSR count). The summed E-state index contributed by atoms with van der Waals surface area (Å²) < 4.78 is 39.5. The van der Waals surface area contributed by atoms with Crippen LogP contribution in [0.25, 0.3) is 0 Å². The molecule has 6 nitrogen and oxygen atoms in total. The Kier molecular flexibility index (Phi) is 7.47. The highest BCUT2D eigenvalue weighted by atomic mass is 35.5. The summed E-state index contributed by atoms with van der Waals surface area (Å²) in [6.45, 7) is 6.91. The molecule has 10 heteroatoms. The maximum Gasteiger partial charge on any atom is 0.267 e. The van der Waals surface area contributed by atoms with Gasteiger partial charge in [0.05, 0.1) is 11.3 Å². The van der Waals surface area contributed by atoms with Crippen molar-refractivity contribution in [2.24, 2.45) is 0 Å². The second kappa shape index (κ2) is 9.73. The van der Waals surface area contributed by atoms with Gasteiger partial charge in [0.1, 0.15) is 5.82 Å². The molecule has 0 spiro atoms. The van der Waals surface area contributed by atoms with Gasteiger partial charge in [-0.15, -0.1) is 0 Å². The highest BCUT2D eigenvalue weighted by Crippen LogP contribution is 2.26. The van der Waals surface area contributed by atoms with E-state index in [1.807, 2.05) is 23.8 Å². The Hall–Kier alpha value is -1.87. The Morgan fingerprint density at radius 3 is 2.39 bits per heavy atom. The van der Waals surface area contributed by atoms with Gasteiger partial charge in [0, 0.05) is 48.5 Å². The average Bonchev–Trinajstić information content (AvgIpc) is 2.72. The van der Waals surface area contributed by atoms with Gasteiger partial charge >= 0.3 is 0 Å². The molecule has 2 aromatic rings. The van der Waals surface area contributed by atoms with Crippen LogP contribution in [0.15, 0.2) is 30.3 Å². The van der Waals surface area contributed by atoms with Crippen molar-refractivity contribution in [3.8, 4) is 0 Å². The largest absolute Gasteiger partial charge is 0.369 e. The molecule has 2 aromatic carbocycles. The highest BCUT2D eigenvalue weighted by Gasteiger charge is 2.22. The Bertz CT molecular complexity index is 1090. The SMILES string of the molecule is CCS(=O)(=O)NC(=O)c1cc(Cl)c(CN2CCN(c3ccc(Cl)c(C)c3)CC2)cc1F. The van der Waals surface area contributed by atoms with E-state index in [1.165, 1.54) is 19.1 Å². The van der Waals surface area contributed by atoms with Crippen molar-refractivity contribution in [1.29, 1.82) is 0 Å². The first-order valence-electron chi connectivity index (χ1n) is 9.86. The van der Waals surface area contributed by atoms with E-state index < -0.39 is 27.3 Å². The molecule has 1 amide bonds. The number of carbonyl (C=O) groups excluding carboxylic acids is 1. The smallest absolute Gasteiger partial charge is 0.267 e. The monoisotopic (exact) mass is 487 g/mol. The molecule has 0 bridgehead atoms. The summed E-state index contributed by atoms with van der Waals surface area (Å²) in [5, 5.41) is 0.958. The number of hydrogen-bond acceptors (Lipinski definition) is 5. The third kappa shape index (κ3) is 5.88. The van der Waals surface area contributed by atoms with Crippen molar-refractivity contribution in [2.75, 3.05) is 36.8 Å². The van der Waals surface area contributed by atoms with Gasteiger partial charge in [0.25, 0.3) is 5.91 Å². The molecule has 0 radical (unpaired) electrons. The predicted octanol–water partition coefficient (Wildman–Crippen LogP) is 3.84. The molecule has 0 aliphatic carbocycles. The van der Waals surface area contributed by atoms with Crippen LogP contribution in [0, 0.1) is 12.7 Å². The minimum Gasteiger partial charge on any atom is -0.369 e. The fraction of sp³-hybridized carbons (Fsp3) is 0.381. The van der Waals surface area contributed by atoms with E-state index in [-0.39, 0.29) is 10.8 Å². The molecule has 0 saturated carbocycles.